The van der Waals surface area contributed by atoms with Crippen LogP contribution in [0.1, 0.15) is 20.8 Å². The molecule has 0 saturated carbocycles. The molecule has 0 aromatic heterocycles. The van der Waals surface area contributed by atoms with Gasteiger partial charge in [-0.15, -0.1) is 11.6 Å². The van der Waals surface area contributed by atoms with E-state index in [0.717, 1.165) is 0 Å². The lowest BCUT2D eigenvalue weighted by molar-refractivity contribution is 1.14. The van der Waals surface area contributed by atoms with Crippen LogP contribution in [0.2, 0.25) is 18.6 Å². The van der Waals surface area contributed by atoms with Crippen molar-refractivity contribution in [3.8, 4) is 0 Å². The van der Waals surface area contributed by atoms with Gasteiger partial charge in [-0.3, -0.25) is 0 Å². The van der Waals surface area contributed by atoms with Crippen LogP contribution in [0.25, 0.3) is 0 Å². The zero-order valence-electron chi connectivity index (χ0n) is 6.87. The van der Waals surface area contributed by atoms with Gasteiger partial charge in [0, 0.05) is 5.00 Å². The number of alkyl halides is 1. The van der Waals surface area contributed by atoms with Crippen molar-refractivity contribution in [3.63, 3.8) is 0 Å². The quantitative estimate of drug-likeness (QED) is 0.444. The van der Waals surface area contributed by atoms with Gasteiger partial charge in [0.2, 0.25) is 0 Å². The number of halogens is 1. The summed E-state index contributed by atoms with van der Waals surface area (Å²) in [4.78, 5) is 0. The average Bonchev–Trinajstić information content (AvgIpc) is 1.86. The summed E-state index contributed by atoms with van der Waals surface area (Å²) >= 11 is 6.05. The summed E-state index contributed by atoms with van der Waals surface area (Å²) in [7, 11) is -1.01. The number of hydrogen-bond acceptors (Lipinski definition) is 0. The molecule has 1 atom stereocenters. The van der Waals surface area contributed by atoms with Gasteiger partial charge in [-0.05, 0) is 0 Å². The van der Waals surface area contributed by atoms with E-state index in [4.69, 9.17) is 11.6 Å². The molecule has 2 heteroatoms. The van der Waals surface area contributed by atoms with Crippen LogP contribution >= 0.6 is 11.6 Å². The molecule has 0 aromatic carbocycles. The molecule has 0 nitrogen and oxygen atoms in total. The molecule has 0 rings (SSSR count). The van der Waals surface area contributed by atoms with Crippen LogP contribution in [0.15, 0.2) is 0 Å². The molecule has 0 amide bonds. The standard InChI is InChI=1S/C7H17ClSi/c1-5-9(4,6-2)7(3)8/h7H,5-6H2,1-4H3. The highest BCUT2D eigenvalue weighted by Gasteiger charge is 2.27. The minimum Gasteiger partial charge on any atom is -0.127 e. The van der Waals surface area contributed by atoms with Crippen molar-refractivity contribution in [1.29, 1.82) is 0 Å². The van der Waals surface area contributed by atoms with Crippen LogP contribution in [-0.4, -0.2) is 13.1 Å². The van der Waals surface area contributed by atoms with Gasteiger partial charge in [0.05, 0.1) is 8.07 Å². The van der Waals surface area contributed by atoms with Crippen molar-refractivity contribution in [1.82, 2.24) is 0 Å². The van der Waals surface area contributed by atoms with Crippen molar-refractivity contribution in [3.05, 3.63) is 0 Å². The Hall–Kier alpha value is 0.507. The second kappa shape index (κ2) is 3.62. The van der Waals surface area contributed by atoms with Crippen molar-refractivity contribution in [2.45, 2.75) is 44.4 Å². The zero-order chi connectivity index (χ0) is 7.49. The van der Waals surface area contributed by atoms with E-state index < -0.39 is 8.07 Å². The molecule has 0 aromatic rings. The molecule has 0 N–H and O–H groups in total. The Morgan fingerprint density at radius 1 is 1.33 bits per heavy atom. The minimum atomic E-state index is -1.01. The van der Waals surface area contributed by atoms with Gasteiger partial charge in [0.15, 0.2) is 0 Å². The second-order valence-corrected chi connectivity index (χ2v) is 9.59. The summed E-state index contributed by atoms with van der Waals surface area (Å²) in [6, 6.07) is 2.63. The summed E-state index contributed by atoms with van der Waals surface area (Å²) in [5.41, 5.74) is 0. The van der Waals surface area contributed by atoms with Crippen LogP contribution in [0.5, 0.6) is 0 Å². The third kappa shape index (κ3) is 2.30. The average molecular weight is 165 g/mol. The monoisotopic (exact) mass is 164 g/mol. The third-order valence-electron chi connectivity index (χ3n) is 2.58. The van der Waals surface area contributed by atoms with E-state index in [-0.39, 0.29) is 0 Å². The van der Waals surface area contributed by atoms with Crippen LogP contribution in [-0.2, 0) is 0 Å². The summed E-state index contributed by atoms with van der Waals surface area (Å²) < 4.78 is 0. The van der Waals surface area contributed by atoms with Gasteiger partial charge >= 0.3 is 0 Å². The van der Waals surface area contributed by atoms with Gasteiger partial charge < -0.3 is 0 Å². The second-order valence-electron chi connectivity index (χ2n) is 2.98. The molecule has 56 valence electrons. The van der Waals surface area contributed by atoms with E-state index in [2.05, 4.69) is 27.3 Å². The Bertz CT molecular complexity index is 77.0. The first kappa shape index (κ1) is 9.51. The van der Waals surface area contributed by atoms with E-state index >= 15 is 0 Å². The van der Waals surface area contributed by atoms with E-state index in [1.807, 2.05) is 0 Å². The Kier molecular flexibility index (Phi) is 3.82. The molecule has 1 unspecified atom stereocenters. The molecule has 0 aliphatic carbocycles. The first-order valence-corrected chi connectivity index (χ1v) is 7.13. The maximum absolute atomic E-state index is 6.05. The van der Waals surface area contributed by atoms with Crippen LogP contribution in [0.3, 0.4) is 0 Å². The molecule has 0 heterocycles. The first-order chi connectivity index (χ1) is 4.06. The maximum atomic E-state index is 6.05. The van der Waals surface area contributed by atoms with Crippen LogP contribution in [0.4, 0.5) is 0 Å². The molecule has 0 aliphatic rings. The van der Waals surface area contributed by atoms with E-state index in [1.165, 1.54) is 12.1 Å². The largest absolute Gasteiger partial charge is 0.127 e. The normalized spacial score (nSPS) is 15.7. The lowest BCUT2D eigenvalue weighted by Gasteiger charge is -2.26. The van der Waals surface area contributed by atoms with Gasteiger partial charge in [-0.2, -0.15) is 0 Å². The molecule has 9 heavy (non-hydrogen) atoms. The molecule has 0 radical (unpaired) electrons. The lowest BCUT2D eigenvalue weighted by Crippen LogP contribution is -2.37. The first-order valence-electron chi connectivity index (χ1n) is 3.71. The zero-order valence-corrected chi connectivity index (χ0v) is 8.63. The van der Waals surface area contributed by atoms with Gasteiger partial charge in [-0.25, -0.2) is 0 Å². The highest BCUT2D eigenvalue weighted by atomic mass is 35.5. The summed E-state index contributed by atoms with van der Waals surface area (Å²) in [5, 5.41) is 0.437. The maximum Gasteiger partial charge on any atom is 0.0700 e. The molecule has 0 bridgehead atoms. The fourth-order valence-electron chi connectivity index (χ4n) is 0.813. The van der Waals surface area contributed by atoms with E-state index in [9.17, 15) is 0 Å². The fourth-order valence-corrected chi connectivity index (χ4v) is 3.36. The SMILES string of the molecule is CC[Si](C)(CC)C(C)Cl. The molecular weight excluding hydrogens is 148 g/mol. The molecule has 0 aliphatic heterocycles. The summed E-state index contributed by atoms with van der Waals surface area (Å²) in [6.07, 6.45) is 0. The highest BCUT2D eigenvalue weighted by molar-refractivity contribution is 6.85. The van der Waals surface area contributed by atoms with E-state index in [1.54, 1.807) is 0 Å². The van der Waals surface area contributed by atoms with Gasteiger partial charge in [0.25, 0.3) is 0 Å². The highest BCUT2D eigenvalue weighted by Crippen LogP contribution is 2.22. The summed E-state index contributed by atoms with van der Waals surface area (Å²) in [6.45, 7) is 9.04. The fraction of sp³-hybridized carbons (Fsp3) is 1.00. The lowest BCUT2D eigenvalue weighted by atomic mass is 10.9. The Labute approximate surface area is 64.6 Å². The topological polar surface area (TPSA) is 0 Å². The van der Waals surface area contributed by atoms with Gasteiger partial charge in [0.1, 0.15) is 0 Å². The van der Waals surface area contributed by atoms with Crippen molar-refractivity contribution in [2.24, 2.45) is 0 Å². The Balaban J connectivity index is 3.92. The molecular formula is C7H17ClSi. The van der Waals surface area contributed by atoms with Crippen LogP contribution in [0, 0.1) is 0 Å². The predicted octanol–water partition coefficient (Wildman–Crippen LogP) is 3.27. The summed E-state index contributed by atoms with van der Waals surface area (Å²) in [5.74, 6) is 0. The molecule has 0 saturated heterocycles. The number of rotatable bonds is 3. The van der Waals surface area contributed by atoms with Crippen molar-refractivity contribution < 1.29 is 0 Å². The smallest absolute Gasteiger partial charge is 0.0700 e. The molecule has 0 fully saturated rings. The van der Waals surface area contributed by atoms with Crippen LogP contribution < -0.4 is 0 Å². The third-order valence-corrected chi connectivity index (χ3v) is 9.31. The van der Waals surface area contributed by atoms with Gasteiger partial charge in [-0.1, -0.05) is 39.4 Å². The minimum absolute atomic E-state index is 0.437. The number of hydrogen-bond donors (Lipinski definition) is 0. The predicted molar refractivity (Wildman–Crippen MR) is 47.9 cm³/mol. The Morgan fingerprint density at radius 2 is 1.67 bits per heavy atom. The Morgan fingerprint density at radius 3 is 1.67 bits per heavy atom. The van der Waals surface area contributed by atoms with E-state index in [0.29, 0.717) is 5.00 Å². The van der Waals surface area contributed by atoms with Crippen molar-refractivity contribution in [2.75, 3.05) is 0 Å². The molecule has 0 spiro atoms. The van der Waals surface area contributed by atoms with Crippen molar-refractivity contribution >= 4 is 19.7 Å².